The fourth-order valence-corrected chi connectivity index (χ4v) is 2.91. The van der Waals surface area contributed by atoms with Gasteiger partial charge >= 0.3 is 5.97 Å². The lowest BCUT2D eigenvalue weighted by molar-refractivity contribution is 0.0606. The molecule has 1 heterocycles. The molecule has 0 fully saturated rings. The smallest absolute Gasteiger partial charge is 0.348 e. The summed E-state index contributed by atoms with van der Waals surface area (Å²) in [7, 11) is 6.02. The van der Waals surface area contributed by atoms with Gasteiger partial charge in [0, 0.05) is 11.5 Å². The number of hydrogen-bond acceptors (Lipinski definition) is 6. The second kappa shape index (κ2) is 5.36. The molecule has 0 unspecified atom stereocenters. The molecule has 0 amide bonds. The van der Waals surface area contributed by atoms with Crippen LogP contribution in [0.2, 0.25) is 0 Å². The average Bonchev–Trinajstić information content (AvgIpc) is 2.89. The standard InChI is InChI=1S/C13H14O5S/c1-15-8-6-9(16-2)12-7(11(8)17-3)5-10(19-12)13(14)18-4/h5-6H,1-4H3. The van der Waals surface area contributed by atoms with E-state index in [1.54, 1.807) is 33.5 Å². The molecule has 0 aliphatic heterocycles. The first kappa shape index (κ1) is 13.5. The molecular weight excluding hydrogens is 268 g/mol. The van der Waals surface area contributed by atoms with Crippen LogP contribution in [0.15, 0.2) is 12.1 Å². The van der Waals surface area contributed by atoms with E-state index >= 15 is 0 Å². The maximum absolute atomic E-state index is 11.6. The largest absolute Gasteiger partial charge is 0.495 e. The van der Waals surface area contributed by atoms with E-state index in [0.29, 0.717) is 22.1 Å². The zero-order valence-electron chi connectivity index (χ0n) is 11.1. The van der Waals surface area contributed by atoms with E-state index < -0.39 is 0 Å². The Bertz CT molecular complexity index is 617. The van der Waals surface area contributed by atoms with Gasteiger partial charge in [-0.25, -0.2) is 4.79 Å². The first-order valence-corrected chi connectivity index (χ1v) is 6.28. The molecule has 0 atom stereocenters. The van der Waals surface area contributed by atoms with Crippen molar-refractivity contribution in [1.82, 2.24) is 0 Å². The van der Waals surface area contributed by atoms with Gasteiger partial charge in [0.15, 0.2) is 11.5 Å². The van der Waals surface area contributed by atoms with E-state index in [1.165, 1.54) is 18.4 Å². The van der Waals surface area contributed by atoms with Gasteiger partial charge in [0.1, 0.15) is 10.6 Å². The van der Waals surface area contributed by atoms with Crippen LogP contribution in [0.4, 0.5) is 0 Å². The Morgan fingerprint density at radius 1 is 1.00 bits per heavy atom. The van der Waals surface area contributed by atoms with Gasteiger partial charge in [0.25, 0.3) is 0 Å². The molecular formula is C13H14O5S. The summed E-state index contributed by atoms with van der Waals surface area (Å²) in [4.78, 5) is 12.1. The van der Waals surface area contributed by atoms with Gasteiger partial charge in [-0.2, -0.15) is 0 Å². The third-order valence-electron chi connectivity index (χ3n) is 2.72. The lowest BCUT2D eigenvalue weighted by Gasteiger charge is -2.11. The number of thiophene rings is 1. The van der Waals surface area contributed by atoms with Crippen molar-refractivity contribution < 1.29 is 23.7 Å². The van der Waals surface area contributed by atoms with E-state index in [-0.39, 0.29) is 5.97 Å². The fraction of sp³-hybridized carbons (Fsp3) is 0.308. The molecule has 0 aliphatic carbocycles. The summed E-state index contributed by atoms with van der Waals surface area (Å²) < 4.78 is 21.5. The summed E-state index contributed by atoms with van der Waals surface area (Å²) in [5.74, 6) is 1.38. The maximum atomic E-state index is 11.6. The van der Waals surface area contributed by atoms with E-state index in [0.717, 1.165) is 10.1 Å². The van der Waals surface area contributed by atoms with Gasteiger partial charge in [-0.1, -0.05) is 0 Å². The highest BCUT2D eigenvalue weighted by Gasteiger charge is 2.20. The Labute approximate surface area is 114 Å². The molecule has 5 nitrogen and oxygen atoms in total. The predicted molar refractivity (Wildman–Crippen MR) is 72.8 cm³/mol. The van der Waals surface area contributed by atoms with Crippen LogP contribution in [0.1, 0.15) is 9.67 Å². The van der Waals surface area contributed by atoms with Crippen molar-refractivity contribution in [3.63, 3.8) is 0 Å². The molecule has 102 valence electrons. The second-order valence-corrected chi connectivity index (χ2v) is 4.71. The van der Waals surface area contributed by atoms with Gasteiger partial charge in [0.2, 0.25) is 0 Å². The van der Waals surface area contributed by atoms with Crippen molar-refractivity contribution in [2.75, 3.05) is 28.4 Å². The van der Waals surface area contributed by atoms with Gasteiger partial charge in [-0.05, 0) is 6.07 Å². The van der Waals surface area contributed by atoms with Crippen LogP contribution in [0.3, 0.4) is 0 Å². The second-order valence-electron chi connectivity index (χ2n) is 3.66. The normalized spacial score (nSPS) is 10.3. The summed E-state index contributed by atoms with van der Waals surface area (Å²) in [6.45, 7) is 0. The summed E-state index contributed by atoms with van der Waals surface area (Å²) in [6, 6.07) is 3.45. The molecule has 2 aromatic rings. The quantitative estimate of drug-likeness (QED) is 0.807. The van der Waals surface area contributed by atoms with Crippen molar-refractivity contribution in [3.05, 3.63) is 17.0 Å². The number of fused-ring (bicyclic) bond motifs is 1. The minimum atomic E-state index is -0.385. The van der Waals surface area contributed by atoms with Crippen molar-refractivity contribution in [2.45, 2.75) is 0 Å². The molecule has 0 aliphatic rings. The summed E-state index contributed by atoms with van der Waals surface area (Å²) in [5.41, 5.74) is 0. The molecule has 0 N–H and O–H groups in total. The Morgan fingerprint density at radius 2 is 1.68 bits per heavy atom. The number of carbonyl (C=O) groups is 1. The van der Waals surface area contributed by atoms with Crippen LogP contribution in [0.5, 0.6) is 17.2 Å². The first-order chi connectivity index (χ1) is 9.15. The number of hydrogen-bond donors (Lipinski definition) is 0. The van der Waals surface area contributed by atoms with Crippen LogP contribution < -0.4 is 14.2 Å². The topological polar surface area (TPSA) is 54.0 Å². The number of benzene rings is 1. The number of esters is 1. The number of rotatable bonds is 4. The van der Waals surface area contributed by atoms with Gasteiger partial charge in [-0.15, -0.1) is 11.3 Å². The zero-order valence-corrected chi connectivity index (χ0v) is 11.9. The molecule has 1 aromatic heterocycles. The summed E-state index contributed by atoms with van der Waals surface area (Å²) in [5, 5.41) is 0.768. The van der Waals surface area contributed by atoms with Crippen molar-refractivity contribution in [1.29, 1.82) is 0 Å². The monoisotopic (exact) mass is 282 g/mol. The number of ether oxygens (including phenoxy) is 4. The Balaban J connectivity index is 2.76. The van der Waals surface area contributed by atoms with E-state index in [4.69, 9.17) is 18.9 Å². The Hall–Kier alpha value is -1.95. The molecule has 6 heteroatoms. The van der Waals surface area contributed by atoms with E-state index in [2.05, 4.69) is 0 Å². The molecule has 0 saturated heterocycles. The molecule has 2 rings (SSSR count). The minimum Gasteiger partial charge on any atom is -0.495 e. The summed E-state index contributed by atoms with van der Waals surface area (Å²) in [6.07, 6.45) is 0. The van der Waals surface area contributed by atoms with Gasteiger partial charge in [-0.3, -0.25) is 0 Å². The molecule has 0 saturated carbocycles. The van der Waals surface area contributed by atoms with Crippen LogP contribution >= 0.6 is 11.3 Å². The van der Waals surface area contributed by atoms with Crippen LogP contribution in [-0.4, -0.2) is 34.4 Å². The maximum Gasteiger partial charge on any atom is 0.348 e. The SMILES string of the molecule is COC(=O)c1cc2c(OC)c(OC)cc(OC)c2s1. The average molecular weight is 282 g/mol. The van der Waals surface area contributed by atoms with E-state index in [1.807, 2.05) is 0 Å². The zero-order chi connectivity index (χ0) is 14.0. The predicted octanol–water partition coefficient (Wildman–Crippen LogP) is 2.71. The first-order valence-electron chi connectivity index (χ1n) is 5.47. The Kier molecular flexibility index (Phi) is 3.80. The van der Waals surface area contributed by atoms with Crippen LogP contribution in [0, 0.1) is 0 Å². The summed E-state index contributed by atoms with van der Waals surface area (Å²) >= 11 is 1.29. The molecule has 0 bridgehead atoms. The lowest BCUT2D eigenvalue weighted by atomic mass is 10.2. The third kappa shape index (κ3) is 2.19. The van der Waals surface area contributed by atoms with Crippen LogP contribution in [-0.2, 0) is 4.74 Å². The third-order valence-corrected chi connectivity index (χ3v) is 3.85. The number of methoxy groups -OCH3 is 4. The lowest BCUT2D eigenvalue weighted by Crippen LogP contribution is -1.96. The van der Waals surface area contributed by atoms with Crippen molar-refractivity contribution in [2.24, 2.45) is 0 Å². The van der Waals surface area contributed by atoms with Gasteiger partial charge < -0.3 is 18.9 Å². The Morgan fingerprint density at radius 3 is 2.21 bits per heavy atom. The van der Waals surface area contributed by atoms with Crippen molar-refractivity contribution in [3.8, 4) is 17.2 Å². The highest BCUT2D eigenvalue weighted by Crippen LogP contribution is 2.45. The molecule has 1 aromatic carbocycles. The van der Waals surface area contributed by atoms with Gasteiger partial charge in [0.05, 0.1) is 33.1 Å². The highest BCUT2D eigenvalue weighted by atomic mass is 32.1. The fourth-order valence-electron chi connectivity index (χ4n) is 1.84. The number of carbonyl (C=O) groups excluding carboxylic acids is 1. The minimum absolute atomic E-state index is 0.385. The van der Waals surface area contributed by atoms with E-state index in [9.17, 15) is 4.79 Å². The molecule has 0 spiro atoms. The molecule has 0 radical (unpaired) electrons. The van der Waals surface area contributed by atoms with Crippen LogP contribution in [0.25, 0.3) is 10.1 Å². The highest BCUT2D eigenvalue weighted by molar-refractivity contribution is 7.21. The molecule has 19 heavy (non-hydrogen) atoms. The van der Waals surface area contributed by atoms with Crippen molar-refractivity contribution >= 4 is 27.4 Å².